The largest absolute Gasteiger partial charge is 0.506 e. The third kappa shape index (κ3) is 2.39. The van der Waals surface area contributed by atoms with Gasteiger partial charge in [-0.25, -0.2) is 4.98 Å². The second-order valence-electron chi connectivity index (χ2n) is 5.24. The van der Waals surface area contributed by atoms with Gasteiger partial charge in [0.05, 0.1) is 22.9 Å². The lowest BCUT2D eigenvalue weighted by atomic mass is 10.00. The lowest BCUT2D eigenvalue weighted by Gasteiger charge is -2.09. The van der Waals surface area contributed by atoms with Gasteiger partial charge in [-0.05, 0) is 30.5 Å². The van der Waals surface area contributed by atoms with E-state index in [1.807, 2.05) is 6.07 Å². The Morgan fingerprint density at radius 3 is 2.70 bits per heavy atom. The summed E-state index contributed by atoms with van der Waals surface area (Å²) in [5, 5.41) is 19.9. The Morgan fingerprint density at radius 1 is 1.30 bits per heavy atom. The lowest BCUT2D eigenvalue weighted by molar-refractivity contribution is 0.281. The van der Waals surface area contributed by atoms with E-state index in [4.69, 9.17) is 5.73 Å². The summed E-state index contributed by atoms with van der Waals surface area (Å²) in [6.45, 7) is -0.0364. The topological polar surface area (TPSA) is 79.4 Å². The number of aromatic nitrogens is 1. The predicted octanol–water partition coefficient (Wildman–Crippen LogP) is 3.25. The van der Waals surface area contributed by atoms with Crippen molar-refractivity contribution in [2.75, 3.05) is 5.73 Å². The first kappa shape index (κ1) is 13.4. The molecule has 0 saturated heterocycles. The van der Waals surface area contributed by atoms with Crippen LogP contribution in [0.1, 0.15) is 42.3 Å². The van der Waals surface area contributed by atoms with Gasteiger partial charge in [0.25, 0.3) is 0 Å². The second-order valence-corrected chi connectivity index (χ2v) is 6.32. The molecule has 1 aliphatic carbocycles. The van der Waals surface area contributed by atoms with Gasteiger partial charge in [-0.2, -0.15) is 0 Å². The molecule has 1 aromatic heterocycles. The number of nitrogen functional groups attached to an aromatic ring is 1. The number of rotatable bonds is 3. The highest BCUT2D eigenvalue weighted by Gasteiger charge is 2.24. The molecule has 106 valence electrons. The van der Waals surface area contributed by atoms with Crippen molar-refractivity contribution >= 4 is 17.0 Å². The number of aromatic hydroxyl groups is 1. The molecule has 0 spiro atoms. The van der Waals surface area contributed by atoms with Crippen LogP contribution in [0.25, 0.3) is 10.4 Å². The highest BCUT2D eigenvalue weighted by Crippen LogP contribution is 2.42. The Kier molecular flexibility index (Phi) is 3.63. The first-order valence-corrected chi connectivity index (χ1v) is 7.70. The van der Waals surface area contributed by atoms with Gasteiger partial charge in [-0.1, -0.05) is 18.9 Å². The van der Waals surface area contributed by atoms with E-state index in [9.17, 15) is 10.2 Å². The van der Waals surface area contributed by atoms with Crippen molar-refractivity contribution in [2.45, 2.75) is 38.2 Å². The lowest BCUT2D eigenvalue weighted by Crippen LogP contribution is -1.96. The zero-order valence-corrected chi connectivity index (χ0v) is 12.0. The number of phenols is 1. The standard InChI is InChI=1S/C15H18N2O2S/c16-11-6-5-10(7-12(11)19)15-14(9-3-1-2-4-9)17-13(8-18)20-15/h5-7,9,18-19H,1-4,8,16H2. The maximum absolute atomic E-state index is 9.79. The second kappa shape index (κ2) is 5.42. The highest BCUT2D eigenvalue weighted by molar-refractivity contribution is 7.15. The van der Waals surface area contributed by atoms with Crippen molar-refractivity contribution in [3.05, 3.63) is 28.9 Å². The smallest absolute Gasteiger partial charge is 0.139 e. The van der Waals surface area contributed by atoms with E-state index in [-0.39, 0.29) is 12.4 Å². The van der Waals surface area contributed by atoms with Crippen LogP contribution in [0, 0.1) is 0 Å². The average Bonchev–Trinajstić information content (AvgIpc) is 3.09. The number of benzene rings is 1. The minimum atomic E-state index is -0.0364. The number of nitrogens with zero attached hydrogens (tertiary/aromatic N) is 1. The molecule has 3 rings (SSSR count). The van der Waals surface area contributed by atoms with E-state index in [0.717, 1.165) is 34.0 Å². The number of phenolic OH excluding ortho intramolecular Hbond substituents is 1. The fourth-order valence-corrected chi connectivity index (χ4v) is 3.82. The normalized spacial score (nSPS) is 15.8. The third-order valence-electron chi connectivity index (χ3n) is 3.87. The zero-order valence-electron chi connectivity index (χ0n) is 11.2. The quantitative estimate of drug-likeness (QED) is 0.599. The average molecular weight is 290 g/mol. The van der Waals surface area contributed by atoms with Gasteiger partial charge >= 0.3 is 0 Å². The fourth-order valence-electron chi connectivity index (χ4n) is 2.81. The van der Waals surface area contributed by atoms with Gasteiger partial charge in [-0.3, -0.25) is 0 Å². The summed E-state index contributed by atoms with van der Waals surface area (Å²) in [5.41, 5.74) is 8.03. The summed E-state index contributed by atoms with van der Waals surface area (Å²) in [7, 11) is 0. The van der Waals surface area contributed by atoms with Gasteiger partial charge in [0, 0.05) is 5.92 Å². The minimum Gasteiger partial charge on any atom is -0.506 e. The van der Waals surface area contributed by atoms with Crippen LogP contribution < -0.4 is 5.73 Å². The summed E-state index contributed by atoms with van der Waals surface area (Å²) < 4.78 is 0. The molecule has 4 N–H and O–H groups in total. The van der Waals surface area contributed by atoms with Gasteiger partial charge < -0.3 is 15.9 Å². The van der Waals surface area contributed by atoms with Gasteiger partial charge in [-0.15, -0.1) is 11.3 Å². The van der Waals surface area contributed by atoms with E-state index in [1.165, 1.54) is 24.2 Å². The Bertz CT molecular complexity index is 618. The summed E-state index contributed by atoms with van der Waals surface area (Å²) >= 11 is 1.50. The molecule has 0 radical (unpaired) electrons. The number of nitrogens with two attached hydrogens (primary N) is 1. The summed E-state index contributed by atoms with van der Waals surface area (Å²) in [6.07, 6.45) is 4.79. The number of aliphatic hydroxyl groups excluding tert-OH is 1. The Labute approximate surface area is 121 Å². The van der Waals surface area contributed by atoms with Crippen LogP contribution in [0.5, 0.6) is 5.75 Å². The van der Waals surface area contributed by atoms with E-state index in [2.05, 4.69) is 4.98 Å². The van der Waals surface area contributed by atoms with Crippen molar-refractivity contribution in [1.29, 1.82) is 0 Å². The molecule has 5 heteroatoms. The van der Waals surface area contributed by atoms with Crippen LogP contribution in [-0.4, -0.2) is 15.2 Å². The van der Waals surface area contributed by atoms with Crippen molar-refractivity contribution in [3.63, 3.8) is 0 Å². The number of aliphatic hydroxyl groups is 1. The van der Waals surface area contributed by atoms with Crippen LogP contribution in [0.3, 0.4) is 0 Å². The van der Waals surface area contributed by atoms with Gasteiger partial charge in [0.2, 0.25) is 0 Å². The molecule has 0 atom stereocenters. The third-order valence-corrected chi connectivity index (χ3v) is 4.97. The van der Waals surface area contributed by atoms with E-state index in [0.29, 0.717) is 11.6 Å². The predicted molar refractivity (Wildman–Crippen MR) is 80.8 cm³/mol. The molecule has 0 amide bonds. The molecule has 4 nitrogen and oxygen atoms in total. The fraction of sp³-hybridized carbons (Fsp3) is 0.400. The Morgan fingerprint density at radius 2 is 2.05 bits per heavy atom. The van der Waals surface area contributed by atoms with Crippen molar-refractivity contribution in [3.8, 4) is 16.2 Å². The van der Waals surface area contributed by atoms with Crippen LogP contribution >= 0.6 is 11.3 Å². The maximum Gasteiger partial charge on any atom is 0.139 e. The SMILES string of the molecule is Nc1ccc(-c2sc(CO)nc2C2CCCC2)cc1O. The van der Waals surface area contributed by atoms with E-state index in [1.54, 1.807) is 12.1 Å². The van der Waals surface area contributed by atoms with Crippen LogP contribution in [0.2, 0.25) is 0 Å². The molecular formula is C15H18N2O2S. The summed E-state index contributed by atoms with van der Waals surface area (Å²) in [4.78, 5) is 5.65. The van der Waals surface area contributed by atoms with E-state index >= 15 is 0 Å². The Balaban J connectivity index is 2.06. The molecule has 20 heavy (non-hydrogen) atoms. The number of thiazole rings is 1. The molecular weight excluding hydrogens is 272 g/mol. The van der Waals surface area contributed by atoms with Crippen molar-refractivity contribution < 1.29 is 10.2 Å². The summed E-state index contributed by atoms with van der Waals surface area (Å²) in [6, 6.07) is 5.30. The monoisotopic (exact) mass is 290 g/mol. The van der Waals surface area contributed by atoms with Crippen LogP contribution in [0.4, 0.5) is 5.69 Å². The molecule has 0 aliphatic heterocycles. The van der Waals surface area contributed by atoms with Gasteiger partial charge in [0.1, 0.15) is 10.8 Å². The number of hydrogen-bond donors (Lipinski definition) is 3. The molecule has 0 bridgehead atoms. The molecule has 1 fully saturated rings. The first-order valence-electron chi connectivity index (χ1n) is 6.88. The number of anilines is 1. The van der Waals surface area contributed by atoms with Crippen molar-refractivity contribution in [1.82, 2.24) is 4.98 Å². The molecule has 1 aliphatic rings. The first-order chi connectivity index (χ1) is 9.69. The van der Waals surface area contributed by atoms with Crippen LogP contribution in [-0.2, 0) is 6.61 Å². The molecule has 1 aromatic carbocycles. The van der Waals surface area contributed by atoms with E-state index < -0.39 is 0 Å². The minimum absolute atomic E-state index is 0.0364. The zero-order chi connectivity index (χ0) is 14.1. The number of hydrogen-bond acceptors (Lipinski definition) is 5. The Hall–Kier alpha value is -1.59. The molecule has 1 heterocycles. The van der Waals surface area contributed by atoms with Crippen molar-refractivity contribution in [2.24, 2.45) is 0 Å². The van der Waals surface area contributed by atoms with Crippen LogP contribution in [0.15, 0.2) is 18.2 Å². The molecule has 1 saturated carbocycles. The molecule has 0 unspecified atom stereocenters. The van der Waals surface area contributed by atoms with Gasteiger partial charge in [0.15, 0.2) is 0 Å². The molecule has 2 aromatic rings. The summed E-state index contributed by atoms with van der Waals surface area (Å²) in [5.74, 6) is 0.570. The highest BCUT2D eigenvalue weighted by atomic mass is 32.1. The maximum atomic E-state index is 9.79.